The second kappa shape index (κ2) is 5.57. The minimum Gasteiger partial charge on any atom is -0.508 e. The molecule has 0 spiro atoms. The average Bonchev–Trinajstić information content (AvgIpc) is 2.94. The van der Waals surface area contributed by atoms with Crippen molar-refractivity contribution in [2.75, 3.05) is 0 Å². The second-order valence-corrected chi connectivity index (χ2v) is 6.23. The smallest absolute Gasteiger partial charge is 0.143 e. The molecule has 0 bridgehead atoms. The van der Waals surface area contributed by atoms with Gasteiger partial charge in [-0.2, -0.15) is 0 Å². The Labute approximate surface area is 141 Å². The van der Waals surface area contributed by atoms with E-state index in [-0.39, 0.29) is 5.75 Å². The molecule has 4 aromatic rings. The summed E-state index contributed by atoms with van der Waals surface area (Å²) in [5, 5.41) is 10.7. The number of hydrogen-bond acceptors (Lipinski definition) is 2. The van der Waals surface area contributed by atoms with Crippen molar-refractivity contribution in [2.24, 2.45) is 0 Å². The zero-order valence-electron chi connectivity index (χ0n) is 13.7. The van der Waals surface area contributed by atoms with Crippen LogP contribution in [-0.4, -0.2) is 5.11 Å². The predicted octanol–water partition coefficient (Wildman–Crippen LogP) is 6.09. The van der Waals surface area contributed by atoms with Gasteiger partial charge in [0.1, 0.15) is 17.1 Å². The quantitative estimate of drug-likeness (QED) is 0.485. The summed E-state index contributed by atoms with van der Waals surface area (Å²) in [6, 6.07) is 21.8. The highest BCUT2D eigenvalue weighted by Crippen LogP contribution is 2.41. The molecule has 118 valence electrons. The molecule has 3 aromatic carbocycles. The Bertz CT molecular complexity index is 1000. The third-order valence-electron chi connectivity index (χ3n) is 4.24. The number of furan rings is 1. The summed E-state index contributed by atoms with van der Waals surface area (Å²) in [6.45, 7) is 4.22. The highest BCUT2D eigenvalue weighted by molar-refractivity contribution is 6.01. The monoisotopic (exact) mass is 314 g/mol. The molecular weight excluding hydrogens is 296 g/mol. The van der Waals surface area contributed by atoms with Gasteiger partial charge in [0.05, 0.1) is 0 Å². The highest BCUT2D eigenvalue weighted by Gasteiger charge is 2.17. The van der Waals surface area contributed by atoms with Crippen molar-refractivity contribution in [3.05, 3.63) is 77.9 Å². The van der Waals surface area contributed by atoms with E-state index in [0.717, 1.165) is 33.4 Å². The molecule has 0 atom stereocenters. The van der Waals surface area contributed by atoms with Gasteiger partial charge in [0.25, 0.3) is 0 Å². The molecule has 0 radical (unpaired) electrons. The topological polar surface area (TPSA) is 33.4 Å². The Balaban J connectivity index is 2.05. The molecule has 2 heteroatoms. The van der Waals surface area contributed by atoms with E-state index >= 15 is 0 Å². The minimum absolute atomic E-state index is 0.253. The van der Waals surface area contributed by atoms with E-state index < -0.39 is 0 Å². The van der Waals surface area contributed by atoms with Gasteiger partial charge in [-0.15, -0.1) is 0 Å². The number of fused-ring (bicyclic) bond motifs is 1. The van der Waals surface area contributed by atoms with Gasteiger partial charge in [-0.1, -0.05) is 47.5 Å². The number of hydrogen-bond donors (Lipinski definition) is 1. The van der Waals surface area contributed by atoms with Crippen molar-refractivity contribution in [3.8, 4) is 28.2 Å². The fraction of sp³-hybridized carbons (Fsp3) is 0.0909. The van der Waals surface area contributed by atoms with E-state index in [2.05, 4.69) is 38.1 Å². The lowest BCUT2D eigenvalue weighted by Crippen LogP contribution is -1.85. The van der Waals surface area contributed by atoms with Gasteiger partial charge in [-0.3, -0.25) is 0 Å². The van der Waals surface area contributed by atoms with Gasteiger partial charge in [0.2, 0.25) is 0 Å². The summed E-state index contributed by atoms with van der Waals surface area (Å²) in [4.78, 5) is 0. The Morgan fingerprint density at radius 2 is 1.42 bits per heavy atom. The summed E-state index contributed by atoms with van der Waals surface area (Å²) in [5.41, 5.74) is 6.54. The summed E-state index contributed by atoms with van der Waals surface area (Å²) >= 11 is 0. The fourth-order valence-corrected chi connectivity index (χ4v) is 3.27. The molecule has 24 heavy (non-hydrogen) atoms. The first-order valence-corrected chi connectivity index (χ1v) is 8.01. The van der Waals surface area contributed by atoms with Crippen molar-refractivity contribution in [3.63, 3.8) is 0 Å². The molecule has 0 amide bonds. The van der Waals surface area contributed by atoms with Crippen LogP contribution in [0.2, 0.25) is 0 Å². The van der Waals surface area contributed by atoms with E-state index in [4.69, 9.17) is 4.42 Å². The molecule has 4 rings (SSSR count). The number of phenols is 1. The van der Waals surface area contributed by atoms with Gasteiger partial charge in [-0.25, -0.2) is 0 Å². The minimum atomic E-state index is 0.253. The molecule has 0 aliphatic heterocycles. The van der Waals surface area contributed by atoms with Crippen LogP contribution in [0.25, 0.3) is 33.4 Å². The van der Waals surface area contributed by atoms with Crippen molar-refractivity contribution < 1.29 is 9.52 Å². The first kappa shape index (κ1) is 14.6. The van der Waals surface area contributed by atoms with Crippen LogP contribution >= 0.6 is 0 Å². The molecule has 0 saturated heterocycles. The number of phenolic OH excluding ortho intramolecular Hbond substituents is 1. The summed E-state index contributed by atoms with van der Waals surface area (Å²) in [5.74, 6) is 1.09. The van der Waals surface area contributed by atoms with Crippen LogP contribution in [0.1, 0.15) is 11.1 Å². The number of aromatic hydroxyl groups is 1. The SMILES string of the molecule is Cc1cc(C)cc(-c2c(-c3ccc(O)cc3)oc3ccccc23)c1. The zero-order valence-corrected chi connectivity index (χ0v) is 13.7. The summed E-state index contributed by atoms with van der Waals surface area (Å²) < 4.78 is 6.18. The lowest BCUT2D eigenvalue weighted by molar-refractivity contribution is 0.475. The van der Waals surface area contributed by atoms with Crippen LogP contribution in [0, 0.1) is 13.8 Å². The molecule has 1 N–H and O–H groups in total. The van der Waals surface area contributed by atoms with Crippen LogP contribution in [0.5, 0.6) is 5.75 Å². The van der Waals surface area contributed by atoms with Crippen LogP contribution in [0.15, 0.2) is 71.1 Å². The standard InChI is InChI=1S/C22H18O2/c1-14-11-15(2)13-17(12-14)21-19-5-3-4-6-20(19)24-22(21)16-7-9-18(23)10-8-16/h3-13,23H,1-2H3. The van der Waals surface area contributed by atoms with Crippen LogP contribution in [-0.2, 0) is 0 Å². The van der Waals surface area contributed by atoms with E-state index in [0.29, 0.717) is 0 Å². The molecule has 0 saturated carbocycles. The van der Waals surface area contributed by atoms with Crippen LogP contribution < -0.4 is 0 Å². The summed E-state index contributed by atoms with van der Waals surface area (Å²) in [6.07, 6.45) is 0. The average molecular weight is 314 g/mol. The van der Waals surface area contributed by atoms with Gasteiger partial charge in [0.15, 0.2) is 0 Å². The zero-order chi connectivity index (χ0) is 16.7. The van der Waals surface area contributed by atoms with E-state index in [1.807, 2.05) is 30.3 Å². The van der Waals surface area contributed by atoms with Gasteiger partial charge in [-0.05, 0) is 49.7 Å². The van der Waals surface area contributed by atoms with Crippen molar-refractivity contribution in [1.29, 1.82) is 0 Å². The first-order valence-electron chi connectivity index (χ1n) is 8.01. The van der Waals surface area contributed by atoms with E-state index in [9.17, 15) is 5.11 Å². The van der Waals surface area contributed by atoms with E-state index in [1.165, 1.54) is 11.1 Å². The molecule has 1 aromatic heterocycles. The van der Waals surface area contributed by atoms with Gasteiger partial charge in [0, 0.05) is 16.5 Å². The molecule has 1 heterocycles. The molecule has 0 fully saturated rings. The first-order chi connectivity index (χ1) is 11.6. The number of benzene rings is 3. The van der Waals surface area contributed by atoms with Crippen molar-refractivity contribution in [1.82, 2.24) is 0 Å². The van der Waals surface area contributed by atoms with Crippen LogP contribution in [0.3, 0.4) is 0 Å². The number of aryl methyl sites for hydroxylation is 2. The number of rotatable bonds is 2. The number of para-hydroxylation sites is 1. The maximum atomic E-state index is 9.57. The third-order valence-corrected chi connectivity index (χ3v) is 4.24. The second-order valence-electron chi connectivity index (χ2n) is 6.23. The van der Waals surface area contributed by atoms with Crippen molar-refractivity contribution >= 4 is 11.0 Å². The van der Waals surface area contributed by atoms with Gasteiger partial charge >= 0.3 is 0 Å². The van der Waals surface area contributed by atoms with Crippen molar-refractivity contribution in [2.45, 2.75) is 13.8 Å². The maximum Gasteiger partial charge on any atom is 0.143 e. The molecule has 0 aliphatic carbocycles. The maximum absolute atomic E-state index is 9.57. The van der Waals surface area contributed by atoms with Crippen LogP contribution in [0.4, 0.5) is 0 Å². The largest absolute Gasteiger partial charge is 0.508 e. The fourth-order valence-electron chi connectivity index (χ4n) is 3.27. The Morgan fingerprint density at radius 3 is 2.12 bits per heavy atom. The highest BCUT2D eigenvalue weighted by atomic mass is 16.3. The van der Waals surface area contributed by atoms with Gasteiger partial charge < -0.3 is 9.52 Å². The van der Waals surface area contributed by atoms with E-state index in [1.54, 1.807) is 12.1 Å². The lowest BCUT2D eigenvalue weighted by Gasteiger charge is -2.07. The lowest BCUT2D eigenvalue weighted by atomic mass is 9.96. The normalized spacial score (nSPS) is 11.1. The Morgan fingerprint density at radius 1 is 0.750 bits per heavy atom. The third kappa shape index (κ3) is 2.46. The Hall–Kier alpha value is -3.00. The molecule has 2 nitrogen and oxygen atoms in total. The molecule has 0 aliphatic rings. The Kier molecular flexibility index (Phi) is 3.39. The summed E-state index contributed by atoms with van der Waals surface area (Å²) in [7, 11) is 0. The molecule has 0 unspecified atom stereocenters. The predicted molar refractivity (Wildman–Crippen MR) is 98.2 cm³/mol. The molecular formula is C22H18O2.